The molecule has 0 radical (unpaired) electrons. The van der Waals surface area contributed by atoms with Gasteiger partial charge in [-0.1, -0.05) is 173 Å². The van der Waals surface area contributed by atoms with Gasteiger partial charge >= 0.3 is 0 Å². The van der Waals surface area contributed by atoms with Gasteiger partial charge in [-0.2, -0.15) is 0 Å². The van der Waals surface area contributed by atoms with E-state index in [2.05, 4.69) is 4.40 Å². The molecular formula is C52H47N3OSi. The molecule has 4 nitrogen and oxygen atoms in total. The number of fused-ring (bicyclic) bond motifs is 7. The minimum Gasteiger partial charge on any atom is -0.457 e. The standard InChI is InChI=1S/C52H47N3OSi/c1-3-5-35-52(36-6-4-2)42-27-13-18-33-48(42)56-50-43(52)28-20-34-49(50)57(39-22-9-7-10-23-39,40-24-11-8-12-25-40)41-26-19-21-38(37-41)54-46-31-16-17-32-47(46)55-45-30-15-14-29-44(45)53-51(54)55/h7-34,37H,3-6,35-36H2,1-2H3/i1D3,2D3,3D2,4D2,5D2,6D2,35D2,36D2. The Kier molecular flexibility index (Phi) is 5.26. The van der Waals surface area contributed by atoms with Crippen molar-refractivity contribution in [3.05, 3.63) is 187 Å². The van der Waals surface area contributed by atoms with Crippen LogP contribution in [0.25, 0.3) is 33.5 Å². The lowest BCUT2D eigenvalue weighted by Crippen LogP contribution is -2.75. The van der Waals surface area contributed by atoms with Gasteiger partial charge < -0.3 is 4.74 Å². The van der Waals surface area contributed by atoms with Gasteiger partial charge in [0.1, 0.15) is 11.5 Å². The van der Waals surface area contributed by atoms with Gasteiger partial charge in [0.05, 0.1) is 22.1 Å². The molecule has 0 N–H and O–H groups in total. The van der Waals surface area contributed by atoms with Gasteiger partial charge in [0.2, 0.25) is 5.78 Å². The van der Waals surface area contributed by atoms with Gasteiger partial charge in [-0.3, -0.25) is 8.97 Å². The fourth-order valence-corrected chi connectivity index (χ4v) is 13.6. The van der Waals surface area contributed by atoms with Crippen LogP contribution in [0.5, 0.6) is 11.5 Å². The van der Waals surface area contributed by atoms with E-state index < -0.39 is 82.3 Å². The number of hydrogen-bond acceptors (Lipinski definition) is 2. The molecule has 2 aromatic heterocycles. The zero-order valence-corrected chi connectivity index (χ0v) is 31.5. The maximum absolute atomic E-state index is 10.1. The molecule has 0 saturated heterocycles. The van der Waals surface area contributed by atoms with Crippen LogP contribution in [0.4, 0.5) is 0 Å². The molecule has 0 aliphatic carbocycles. The van der Waals surface area contributed by atoms with Crippen molar-refractivity contribution < 1.29 is 29.4 Å². The zero-order chi connectivity index (χ0) is 54.2. The maximum Gasteiger partial charge on any atom is 0.220 e. The minimum atomic E-state index is -4.33. The molecule has 0 unspecified atom stereocenters. The van der Waals surface area contributed by atoms with Crippen molar-refractivity contribution in [2.24, 2.45) is 0 Å². The van der Waals surface area contributed by atoms with E-state index in [0.29, 0.717) is 27.0 Å². The molecule has 0 spiro atoms. The molecule has 3 heterocycles. The average molecular weight is 776 g/mol. The summed E-state index contributed by atoms with van der Waals surface area (Å²) in [6.07, 6.45) is -25.6. The highest BCUT2D eigenvalue weighted by molar-refractivity contribution is 7.20. The minimum absolute atomic E-state index is 0.257. The van der Waals surface area contributed by atoms with Gasteiger partial charge in [0, 0.05) is 46.9 Å². The molecule has 280 valence electrons. The third-order valence-corrected chi connectivity index (χ3v) is 15.8. The second kappa shape index (κ2) is 14.4. The number of para-hydroxylation sites is 6. The number of aromatic nitrogens is 3. The molecule has 7 aromatic carbocycles. The van der Waals surface area contributed by atoms with Crippen LogP contribution in [0.3, 0.4) is 0 Å². The maximum atomic E-state index is 10.1. The molecule has 1 aliphatic heterocycles. The Morgan fingerprint density at radius 3 is 1.93 bits per heavy atom. The first-order valence-corrected chi connectivity index (χ1v) is 20.6. The normalized spacial score (nSPS) is 20.1. The molecule has 0 atom stereocenters. The Balaban J connectivity index is 1.38. The Morgan fingerprint density at radius 2 is 1.19 bits per heavy atom. The van der Waals surface area contributed by atoms with Crippen molar-refractivity contribution in [2.45, 2.75) is 57.4 Å². The highest BCUT2D eigenvalue weighted by Crippen LogP contribution is 2.53. The number of rotatable bonds is 11. The van der Waals surface area contributed by atoms with Gasteiger partial charge in [-0.25, -0.2) is 4.98 Å². The number of nitrogens with zero attached hydrogens (tertiary/aromatic N) is 3. The number of hydrogen-bond donors (Lipinski definition) is 0. The van der Waals surface area contributed by atoms with E-state index in [4.69, 9.17) is 23.4 Å². The quantitative estimate of drug-likeness (QED) is 0.0968. The molecule has 10 rings (SSSR count). The van der Waals surface area contributed by atoms with Gasteiger partial charge in [0.15, 0.2) is 8.07 Å². The molecule has 57 heavy (non-hydrogen) atoms. The Morgan fingerprint density at radius 1 is 0.596 bits per heavy atom. The largest absolute Gasteiger partial charge is 0.457 e. The molecular weight excluding hydrogens is 711 g/mol. The van der Waals surface area contributed by atoms with E-state index in [0.717, 1.165) is 34.2 Å². The molecule has 0 bridgehead atoms. The van der Waals surface area contributed by atoms with Crippen molar-refractivity contribution in [1.82, 2.24) is 14.0 Å². The predicted octanol–water partition coefficient (Wildman–Crippen LogP) is 10.6. The monoisotopic (exact) mass is 775 g/mol. The Hall–Kier alpha value is -6.17. The van der Waals surface area contributed by atoms with Crippen molar-refractivity contribution in [3.63, 3.8) is 0 Å². The van der Waals surface area contributed by atoms with Crippen molar-refractivity contribution in [3.8, 4) is 17.2 Å². The summed E-state index contributed by atoms with van der Waals surface area (Å²) in [5.41, 5.74) is -1.04. The second-order valence-electron chi connectivity index (χ2n) is 13.9. The number of benzene rings is 7. The lowest BCUT2D eigenvalue weighted by Gasteiger charge is -2.44. The van der Waals surface area contributed by atoms with E-state index in [1.54, 1.807) is 6.07 Å². The summed E-state index contributed by atoms with van der Waals surface area (Å²) in [7, 11) is -4.14. The number of ether oxygens (including phenoxy) is 1. The summed E-state index contributed by atoms with van der Waals surface area (Å²) in [4.78, 5) is 5.10. The van der Waals surface area contributed by atoms with Crippen LogP contribution >= 0.6 is 0 Å². The highest BCUT2D eigenvalue weighted by atomic mass is 28.3. The van der Waals surface area contributed by atoms with Gasteiger partial charge in [0.25, 0.3) is 0 Å². The van der Waals surface area contributed by atoms with E-state index in [1.165, 1.54) is 24.3 Å². The molecule has 0 saturated carbocycles. The van der Waals surface area contributed by atoms with Crippen molar-refractivity contribution in [2.75, 3.05) is 0 Å². The first-order valence-electron chi connectivity index (χ1n) is 27.6. The molecule has 0 fully saturated rings. The summed E-state index contributed by atoms with van der Waals surface area (Å²) in [5.74, 6) is -0.145. The summed E-state index contributed by atoms with van der Waals surface area (Å²) >= 11 is 0. The molecule has 9 aromatic rings. The number of imidazole rings is 2. The zero-order valence-electron chi connectivity index (χ0n) is 48.5. The van der Waals surface area contributed by atoms with E-state index in [-0.39, 0.29) is 10.9 Å². The van der Waals surface area contributed by atoms with Crippen molar-refractivity contribution >= 4 is 56.7 Å². The summed E-state index contributed by atoms with van der Waals surface area (Å²) in [6.45, 7) is -7.88. The van der Waals surface area contributed by atoms with Crippen LogP contribution in [0.2, 0.25) is 0 Å². The molecule has 1 aliphatic rings. The SMILES string of the molecule is [2H]C([2H])([2H])C([2H])([2H])C([2H])([2H])C([2H])([2H])C1(C([2H])([2H])C([2H])([2H])C([2H])([2H])C([2H])([2H])[2H])c2ccccc2Oc2c1cccc2[Si](c1ccccc1)(c1ccccc1)c1cccc(-n2c3ccccc3n3c4ccccc4nc23)c1. The van der Waals surface area contributed by atoms with E-state index in [1.807, 2.05) is 138 Å². The molecule has 0 amide bonds. The van der Waals surface area contributed by atoms with Crippen molar-refractivity contribution in [1.29, 1.82) is 0 Å². The van der Waals surface area contributed by atoms with Crippen LogP contribution in [0.15, 0.2) is 176 Å². The van der Waals surface area contributed by atoms with E-state index >= 15 is 0 Å². The summed E-state index contributed by atoms with van der Waals surface area (Å²) < 4.78 is 174. The fourth-order valence-electron chi connectivity index (χ4n) is 8.74. The van der Waals surface area contributed by atoms with Crippen LogP contribution in [-0.4, -0.2) is 22.0 Å². The third kappa shape index (κ3) is 5.43. The van der Waals surface area contributed by atoms with Crippen LogP contribution < -0.4 is 25.5 Å². The topological polar surface area (TPSA) is 31.5 Å². The lowest BCUT2D eigenvalue weighted by molar-refractivity contribution is 0.345. The van der Waals surface area contributed by atoms with Crippen LogP contribution in [0.1, 0.15) is 87.7 Å². The molecule has 5 heteroatoms. The summed E-state index contributed by atoms with van der Waals surface area (Å²) in [6, 6.07) is 51.1. The van der Waals surface area contributed by atoms with E-state index in [9.17, 15) is 11.0 Å². The van der Waals surface area contributed by atoms with Crippen LogP contribution in [0, 0.1) is 0 Å². The first kappa shape index (κ1) is 20.8. The van der Waals surface area contributed by atoms with Crippen LogP contribution in [-0.2, 0) is 5.41 Å². The highest BCUT2D eigenvalue weighted by Gasteiger charge is 2.48. The summed E-state index contributed by atoms with van der Waals surface area (Å²) in [5, 5.41) is 2.31. The average Bonchev–Trinajstić information content (AvgIpc) is 3.91. The predicted molar refractivity (Wildman–Crippen MR) is 239 cm³/mol. The Labute approximate surface area is 361 Å². The van der Waals surface area contributed by atoms with Gasteiger partial charge in [-0.05, 0) is 76.0 Å². The third-order valence-electron chi connectivity index (χ3n) is 11.0. The Bertz CT molecular complexity index is 3570. The second-order valence-corrected chi connectivity index (χ2v) is 17.6. The van der Waals surface area contributed by atoms with Gasteiger partial charge in [-0.15, -0.1) is 0 Å². The smallest absolute Gasteiger partial charge is 0.220 e. The lowest BCUT2D eigenvalue weighted by atomic mass is 9.66. The first-order chi connectivity index (χ1) is 35.1. The fraction of sp³-hybridized carbons (Fsp3) is 0.173.